The molecule has 6 nitrogen and oxygen atoms in total. The second kappa shape index (κ2) is 8.98. The summed E-state index contributed by atoms with van der Waals surface area (Å²) < 4.78 is 34.8. The van der Waals surface area contributed by atoms with Crippen LogP contribution in [-0.4, -0.2) is 40.1 Å². The van der Waals surface area contributed by atoms with Gasteiger partial charge in [-0.3, -0.25) is 4.79 Å². The molecule has 0 spiro atoms. The minimum Gasteiger partial charge on any atom is -0.494 e. The third kappa shape index (κ3) is 4.44. The SMILES string of the molecule is COc1cc(NC2CCCN(C(C)c3cc(F)cc(F)c3)C2=O)ccc1-n1cnc(C)c1. The van der Waals surface area contributed by atoms with Crippen molar-refractivity contribution < 1.29 is 18.3 Å². The molecule has 0 aliphatic carbocycles. The van der Waals surface area contributed by atoms with Gasteiger partial charge in [-0.25, -0.2) is 13.8 Å². The lowest BCUT2D eigenvalue weighted by Gasteiger charge is -2.37. The van der Waals surface area contributed by atoms with Gasteiger partial charge in [-0.1, -0.05) is 0 Å². The van der Waals surface area contributed by atoms with Gasteiger partial charge in [-0.05, 0) is 56.5 Å². The number of methoxy groups -OCH3 is 1. The summed E-state index contributed by atoms with van der Waals surface area (Å²) in [5.74, 6) is -0.740. The van der Waals surface area contributed by atoms with E-state index in [0.717, 1.165) is 29.6 Å². The van der Waals surface area contributed by atoms with Gasteiger partial charge >= 0.3 is 0 Å². The highest BCUT2D eigenvalue weighted by atomic mass is 19.1. The maximum atomic E-state index is 13.7. The molecule has 2 heterocycles. The quantitative estimate of drug-likeness (QED) is 0.607. The Kier molecular flexibility index (Phi) is 6.12. The van der Waals surface area contributed by atoms with Crippen molar-refractivity contribution in [2.45, 2.75) is 38.8 Å². The summed E-state index contributed by atoms with van der Waals surface area (Å²) in [6.45, 7) is 4.25. The van der Waals surface area contributed by atoms with E-state index in [-0.39, 0.29) is 5.91 Å². The Bertz CT molecular complexity index is 1110. The smallest absolute Gasteiger partial charge is 0.245 e. The van der Waals surface area contributed by atoms with Crippen LogP contribution in [-0.2, 0) is 4.79 Å². The Morgan fingerprint density at radius 2 is 1.94 bits per heavy atom. The van der Waals surface area contributed by atoms with E-state index in [1.54, 1.807) is 25.3 Å². The second-order valence-corrected chi connectivity index (χ2v) is 8.06. The molecule has 3 aromatic rings. The summed E-state index contributed by atoms with van der Waals surface area (Å²) in [5.41, 5.74) is 2.94. The highest BCUT2D eigenvalue weighted by molar-refractivity contribution is 5.86. The van der Waals surface area contributed by atoms with Crippen molar-refractivity contribution in [3.63, 3.8) is 0 Å². The van der Waals surface area contributed by atoms with Gasteiger partial charge in [0.2, 0.25) is 5.91 Å². The minimum absolute atomic E-state index is 0.0957. The molecule has 0 saturated carbocycles. The number of halogens is 2. The summed E-state index contributed by atoms with van der Waals surface area (Å²) in [4.78, 5) is 19.1. The maximum Gasteiger partial charge on any atom is 0.245 e. The average Bonchev–Trinajstić information content (AvgIpc) is 3.20. The number of aromatic nitrogens is 2. The zero-order valence-corrected chi connectivity index (χ0v) is 18.3. The molecular formula is C24H26F2N4O2. The third-order valence-corrected chi connectivity index (χ3v) is 5.82. The predicted octanol–water partition coefficient (Wildman–Crippen LogP) is 4.63. The number of hydrogen-bond acceptors (Lipinski definition) is 4. The van der Waals surface area contributed by atoms with E-state index in [0.29, 0.717) is 24.3 Å². The first kappa shape index (κ1) is 21.8. The fraction of sp³-hybridized carbons (Fsp3) is 0.333. The van der Waals surface area contributed by atoms with Crippen LogP contribution in [0, 0.1) is 18.6 Å². The molecule has 1 fully saturated rings. The zero-order chi connectivity index (χ0) is 22.8. The van der Waals surface area contributed by atoms with Crippen LogP contribution in [0.15, 0.2) is 48.9 Å². The first-order valence-corrected chi connectivity index (χ1v) is 10.6. The standard InChI is InChI=1S/C24H26F2N4O2/c1-15-13-29(14-27-15)22-7-6-20(12-23(22)32-3)28-21-5-4-8-30(24(21)31)16(2)17-9-18(25)11-19(26)10-17/h6-7,9-14,16,21,28H,4-5,8H2,1-3H3. The number of nitrogens with one attached hydrogen (secondary N) is 1. The van der Waals surface area contributed by atoms with Crippen molar-refractivity contribution in [1.82, 2.24) is 14.5 Å². The van der Waals surface area contributed by atoms with Crippen LogP contribution in [0.4, 0.5) is 14.5 Å². The minimum atomic E-state index is -0.647. The highest BCUT2D eigenvalue weighted by Gasteiger charge is 2.32. The molecule has 1 saturated heterocycles. The van der Waals surface area contributed by atoms with Crippen molar-refractivity contribution in [1.29, 1.82) is 0 Å². The molecule has 1 amide bonds. The molecule has 1 aliphatic rings. The molecule has 0 bridgehead atoms. The van der Waals surface area contributed by atoms with Gasteiger partial charge in [0.1, 0.15) is 23.4 Å². The number of likely N-dealkylation sites (tertiary alicyclic amines) is 1. The summed E-state index contributed by atoms with van der Waals surface area (Å²) in [7, 11) is 1.60. The number of ether oxygens (including phenoxy) is 1. The fourth-order valence-corrected chi connectivity index (χ4v) is 4.15. The summed E-state index contributed by atoms with van der Waals surface area (Å²) in [6, 6.07) is 8.17. The molecule has 2 aromatic carbocycles. The van der Waals surface area contributed by atoms with Gasteiger partial charge in [-0.15, -0.1) is 0 Å². The number of amides is 1. The fourth-order valence-electron chi connectivity index (χ4n) is 4.15. The summed E-state index contributed by atoms with van der Waals surface area (Å²) >= 11 is 0. The van der Waals surface area contributed by atoms with Crippen LogP contribution < -0.4 is 10.1 Å². The van der Waals surface area contributed by atoms with Crippen LogP contribution in [0.2, 0.25) is 0 Å². The van der Waals surface area contributed by atoms with Crippen molar-refractivity contribution in [2.24, 2.45) is 0 Å². The van der Waals surface area contributed by atoms with Crippen LogP contribution in [0.25, 0.3) is 5.69 Å². The number of carbonyl (C=O) groups is 1. The summed E-state index contributed by atoms with van der Waals surface area (Å²) in [5, 5.41) is 3.30. The first-order chi connectivity index (χ1) is 15.4. The van der Waals surface area contributed by atoms with Gasteiger partial charge in [0.25, 0.3) is 0 Å². The van der Waals surface area contributed by atoms with E-state index < -0.39 is 23.7 Å². The molecule has 1 N–H and O–H groups in total. The van der Waals surface area contributed by atoms with Gasteiger partial charge < -0.3 is 19.5 Å². The van der Waals surface area contributed by atoms with E-state index in [9.17, 15) is 13.6 Å². The van der Waals surface area contributed by atoms with Crippen molar-refractivity contribution in [3.05, 3.63) is 71.8 Å². The zero-order valence-electron chi connectivity index (χ0n) is 18.3. The molecular weight excluding hydrogens is 414 g/mol. The Balaban J connectivity index is 1.52. The second-order valence-electron chi connectivity index (χ2n) is 8.06. The van der Waals surface area contributed by atoms with Gasteiger partial charge in [0.15, 0.2) is 0 Å². The molecule has 4 rings (SSSR count). The molecule has 8 heteroatoms. The Morgan fingerprint density at radius 1 is 1.19 bits per heavy atom. The monoisotopic (exact) mass is 440 g/mol. The molecule has 168 valence electrons. The van der Waals surface area contributed by atoms with Crippen molar-refractivity contribution >= 4 is 11.6 Å². The van der Waals surface area contributed by atoms with Crippen LogP contribution >= 0.6 is 0 Å². The molecule has 2 atom stereocenters. The number of nitrogens with zero attached hydrogens (tertiary/aromatic N) is 3. The Morgan fingerprint density at radius 3 is 2.59 bits per heavy atom. The number of piperidine rings is 1. The van der Waals surface area contributed by atoms with Crippen LogP contribution in [0.3, 0.4) is 0 Å². The number of carbonyl (C=O) groups excluding carboxylic acids is 1. The lowest BCUT2D eigenvalue weighted by molar-refractivity contribution is -0.136. The first-order valence-electron chi connectivity index (χ1n) is 10.6. The normalized spacial score (nSPS) is 17.3. The van der Waals surface area contributed by atoms with Crippen molar-refractivity contribution in [3.8, 4) is 11.4 Å². The largest absolute Gasteiger partial charge is 0.494 e. The summed E-state index contributed by atoms with van der Waals surface area (Å²) in [6.07, 6.45) is 5.09. The predicted molar refractivity (Wildman–Crippen MR) is 118 cm³/mol. The molecule has 32 heavy (non-hydrogen) atoms. The van der Waals surface area contributed by atoms with Gasteiger partial charge in [0, 0.05) is 30.6 Å². The average molecular weight is 440 g/mol. The van der Waals surface area contributed by atoms with E-state index in [1.807, 2.05) is 35.9 Å². The molecule has 1 aromatic heterocycles. The third-order valence-electron chi connectivity index (χ3n) is 5.82. The number of rotatable bonds is 6. The highest BCUT2D eigenvalue weighted by Crippen LogP contribution is 2.30. The van der Waals surface area contributed by atoms with E-state index >= 15 is 0 Å². The topological polar surface area (TPSA) is 59.4 Å². The van der Waals surface area contributed by atoms with Crippen molar-refractivity contribution in [2.75, 3.05) is 19.0 Å². The van der Waals surface area contributed by atoms with Crippen LogP contribution in [0.5, 0.6) is 5.75 Å². The molecule has 1 aliphatic heterocycles. The van der Waals surface area contributed by atoms with Gasteiger partial charge in [-0.2, -0.15) is 0 Å². The van der Waals surface area contributed by atoms with E-state index in [1.165, 1.54) is 12.1 Å². The van der Waals surface area contributed by atoms with E-state index in [2.05, 4.69) is 10.3 Å². The molecule has 2 unspecified atom stereocenters. The number of aryl methyl sites for hydroxylation is 1. The lowest BCUT2D eigenvalue weighted by atomic mass is 9.99. The van der Waals surface area contributed by atoms with Crippen LogP contribution in [0.1, 0.15) is 37.1 Å². The van der Waals surface area contributed by atoms with E-state index in [4.69, 9.17) is 4.74 Å². The maximum absolute atomic E-state index is 13.7. The lowest BCUT2D eigenvalue weighted by Crippen LogP contribution is -2.48. The Hall–Kier alpha value is -3.42. The number of anilines is 1. The number of imidazole rings is 1. The Labute approximate surface area is 185 Å². The number of benzene rings is 2. The van der Waals surface area contributed by atoms with Gasteiger partial charge in [0.05, 0.1) is 30.9 Å². The molecule has 0 radical (unpaired) electrons. The number of hydrogen-bond donors (Lipinski definition) is 1.